The van der Waals surface area contributed by atoms with Crippen LogP contribution in [0.1, 0.15) is 0 Å². The monoisotopic (exact) mass is 313 g/mol. The highest BCUT2D eigenvalue weighted by molar-refractivity contribution is 7.13. The Morgan fingerprint density at radius 1 is 1.00 bits per heavy atom. The molecule has 0 aliphatic carbocycles. The molecule has 0 unspecified atom stereocenters. The van der Waals surface area contributed by atoms with Crippen LogP contribution >= 0.6 is 11.3 Å². The molecule has 2 aromatic heterocycles. The van der Waals surface area contributed by atoms with Gasteiger partial charge in [-0.3, -0.25) is 0 Å². The summed E-state index contributed by atoms with van der Waals surface area (Å²) in [6.07, 6.45) is 0. The van der Waals surface area contributed by atoms with Gasteiger partial charge in [0.2, 0.25) is 5.95 Å². The van der Waals surface area contributed by atoms with Crippen molar-refractivity contribution in [1.29, 1.82) is 0 Å². The highest BCUT2D eigenvalue weighted by Crippen LogP contribution is 2.34. The molecule has 112 valence electrons. The lowest BCUT2D eigenvalue weighted by Crippen LogP contribution is -1.99. The lowest BCUT2D eigenvalue weighted by atomic mass is 10.1. The van der Waals surface area contributed by atoms with Crippen molar-refractivity contribution >= 4 is 17.3 Å². The minimum atomic E-state index is 0.235. The number of nitrogens with zero attached hydrogens (tertiary/aromatic N) is 2. The third-order valence-electron chi connectivity index (χ3n) is 3.20. The minimum absolute atomic E-state index is 0.235. The molecule has 3 aromatic rings. The maximum Gasteiger partial charge on any atom is 0.221 e. The molecule has 2 N–H and O–H groups in total. The van der Waals surface area contributed by atoms with E-state index in [4.69, 9.17) is 15.2 Å². The first-order valence-electron chi connectivity index (χ1n) is 6.62. The van der Waals surface area contributed by atoms with Crippen molar-refractivity contribution in [3.05, 3.63) is 41.8 Å². The van der Waals surface area contributed by atoms with Crippen molar-refractivity contribution < 1.29 is 9.47 Å². The number of methoxy groups -OCH3 is 2. The molecule has 0 amide bonds. The molecule has 5 nitrogen and oxygen atoms in total. The van der Waals surface area contributed by atoms with E-state index >= 15 is 0 Å². The van der Waals surface area contributed by atoms with E-state index in [0.29, 0.717) is 5.75 Å². The van der Waals surface area contributed by atoms with Crippen LogP contribution in [0, 0.1) is 0 Å². The van der Waals surface area contributed by atoms with Crippen molar-refractivity contribution in [2.45, 2.75) is 0 Å². The lowest BCUT2D eigenvalue weighted by molar-refractivity contribution is 0.395. The molecular weight excluding hydrogens is 298 g/mol. The summed E-state index contributed by atoms with van der Waals surface area (Å²) in [4.78, 5) is 9.68. The minimum Gasteiger partial charge on any atom is -0.497 e. The molecule has 3 rings (SSSR count). The topological polar surface area (TPSA) is 70.3 Å². The third-order valence-corrected chi connectivity index (χ3v) is 4.09. The molecule has 6 heteroatoms. The van der Waals surface area contributed by atoms with Crippen molar-refractivity contribution in [3.63, 3.8) is 0 Å². The molecule has 1 aromatic carbocycles. The first-order chi connectivity index (χ1) is 10.7. The molecule has 0 spiro atoms. The van der Waals surface area contributed by atoms with Gasteiger partial charge < -0.3 is 15.2 Å². The SMILES string of the molecule is COc1ccc(-c2cc(-c3cccs3)nc(N)n2)c(OC)c1. The number of thiophene rings is 1. The maximum absolute atomic E-state index is 5.87. The Morgan fingerprint density at radius 3 is 2.50 bits per heavy atom. The predicted molar refractivity (Wildman–Crippen MR) is 88.3 cm³/mol. The van der Waals surface area contributed by atoms with E-state index in [0.717, 1.165) is 27.6 Å². The number of nitrogen functional groups attached to an aromatic ring is 1. The molecule has 0 atom stereocenters. The highest BCUT2D eigenvalue weighted by atomic mass is 32.1. The van der Waals surface area contributed by atoms with Crippen LogP contribution in [-0.2, 0) is 0 Å². The van der Waals surface area contributed by atoms with E-state index in [1.54, 1.807) is 25.6 Å². The second-order valence-corrected chi connectivity index (χ2v) is 5.49. The fourth-order valence-corrected chi connectivity index (χ4v) is 2.85. The van der Waals surface area contributed by atoms with Gasteiger partial charge in [0.1, 0.15) is 11.5 Å². The predicted octanol–water partition coefficient (Wildman–Crippen LogP) is 3.47. The largest absolute Gasteiger partial charge is 0.497 e. The van der Waals surface area contributed by atoms with Crippen LogP contribution in [0.15, 0.2) is 41.8 Å². The van der Waals surface area contributed by atoms with E-state index < -0.39 is 0 Å². The number of anilines is 1. The van der Waals surface area contributed by atoms with Crippen molar-refractivity contribution in [2.24, 2.45) is 0 Å². The van der Waals surface area contributed by atoms with Crippen LogP contribution in [0.3, 0.4) is 0 Å². The molecular formula is C16H15N3O2S. The van der Waals surface area contributed by atoms with Crippen molar-refractivity contribution in [2.75, 3.05) is 20.0 Å². The molecule has 0 aliphatic rings. The Bertz CT molecular complexity index is 788. The first-order valence-corrected chi connectivity index (χ1v) is 7.50. The molecule has 2 heterocycles. The van der Waals surface area contributed by atoms with Gasteiger partial charge in [-0.2, -0.15) is 0 Å². The van der Waals surface area contributed by atoms with Crippen LogP contribution in [0.2, 0.25) is 0 Å². The Kier molecular flexibility index (Phi) is 3.93. The Labute approximate surface area is 132 Å². The van der Waals surface area contributed by atoms with Crippen molar-refractivity contribution in [1.82, 2.24) is 9.97 Å². The molecule has 0 saturated carbocycles. The number of aromatic nitrogens is 2. The van der Waals surface area contributed by atoms with Crippen molar-refractivity contribution in [3.8, 4) is 33.3 Å². The Hall–Kier alpha value is -2.60. The second-order valence-electron chi connectivity index (χ2n) is 4.54. The molecule has 0 bridgehead atoms. The second kappa shape index (κ2) is 6.03. The van der Waals surface area contributed by atoms with Crippen LogP contribution in [0.5, 0.6) is 11.5 Å². The van der Waals surface area contributed by atoms with Gasteiger partial charge >= 0.3 is 0 Å². The highest BCUT2D eigenvalue weighted by Gasteiger charge is 2.12. The van der Waals surface area contributed by atoms with Crippen LogP contribution in [0.4, 0.5) is 5.95 Å². The number of hydrogen-bond donors (Lipinski definition) is 1. The molecule has 0 aliphatic heterocycles. The first kappa shape index (κ1) is 14.3. The molecule has 22 heavy (non-hydrogen) atoms. The summed E-state index contributed by atoms with van der Waals surface area (Å²) in [6.45, 7) is 0. The lowest BCUT2D eigenvalue weighted by Gasteiger charge is -2.11. The Morgan fingerprint density at radius 2 is 1.82 bits per heavy atom. The van der Waals surface area contributed by atoms with Gasteiger partial charge in [0.25, 0.3) is 0 Å². The number of rotatable bonds is 4. The van der Waals surface area contributed by atoms with E-state index in [-0.39, 0.29) is 5.95 Å². The van der Waals surface area contributed by atoms with Gasteiger partial charge in [0.05, 0.1) is 30.5 Å². The number of nitrogens with two attached hydrogens (primary N) is 1. The number of ether oxygens (including phenoxy) is 2. The summed E-state index contributed by atoms with van der Waals surface area (Å²) < 4.78 is 10.7. The quantitative estimate of drug-likeness (QED) is 0.798. The summed E-state index contributed by atoms with van der Waals surface area (Å²) in [7, 11) is 3.23. The summed E-state index contributed by atoms with van der Waals surface area (Å²) >= 11 is 1.61. The standard InChI is InChI=1S/C16H15N3O2S/c1-20-10-5-6-11(14(8-10)21-2)12-9-13(19-16(17)18-12)15-4-3-7-22-15/h3-9H,1-2H3,(H2,17,18,19). The number of hydrogen-bond acceptors (Lipinski definition) is 6. The van der Waals surface area contributed by atoms with Gasteiger partial charge in [-0.1, -0.05) is 6.07 Å². The fourth-order valence-electron chi connectivity index (χ4n) is 2.16. The van der Waals surface area contributed by atoms with E-state index in [2.05, 4.69) is 9.97 Å². The Balaban J connectivity index is 2.12. The summed E-state index contributed by atoms with van der Waals surface area (Å²) in [6, 6.07) is 11.5. The van der Waals surface area contributed by atoms with Crippen LogP contribution in [0.25, 0.3) is 21.8 Å². The zero-order valence-corrected chi connectivity index (χ0v) is 13.1. The molecule has 0 radical (unpaired) electrons. The average Bonchev–Trinajstić information content (AvgIpc) is 3.08. The van der Waals surface area contributed by atoms with Gasteiger partial charge in [-0.25, -0.2) is 9.97 Å². The van der Waals surface area contributed by atoms with Gasteiger partial charge in [-0.15, -0.1) is 11.3 Å². The van der Waals surface area contributed by atoms with Gasteiger partial charge in [0.15, 0.2) is 0 Å². The van der Waals surface area contributed by atoms with E-state index in [9.17, 15) is 0 Å². The van der Waals surface area contributed by atoms with Gasteiger partial charge in [0, 0.05) is 11.6 Å². The maximum atomic E-state index is 5.87. The molecule has 0 saturated heterocycles. The van der Waals surface area contributed by atoms with Gasteiger partial charge in [-0.05, 0) is 29.6 Å². The normalized spacial score (nSPS) is 10.5. The third kappa shape index (κ3) is 2.73. The van der Waals surface area contributed by atoms with Crippen LogP contribution < -0.4 is 15.2 Å². The zero-order valence-electron chi connectivity index (χ0n) is 12.2. The molecule has 0 fully saturated rings. The summed E-state index contributed by atoms with van der Waals surface area (Å²) in [5, 5.41) is 2.00. The summed E-state index contributed by atoms with van der Waals surface area (Å²) in [5.41, 5.74) is 8.23. The van der Waals surface area contributed by atoms with Crippen LogP contribution in [-0.4, -0.2) is 24.2 Å². The fraction of sp³-hybridized carbons (Fsp3) is 0.125. The van der Waals surface area contributed by atoms with E-state index in [1.165, 1.54) is 0 Å². The summed E-state index contributed by atoms with van der Waals surface area (Å²) in [5.74, 6) is 1.63. The number of benzene rings is 1. The average molecular weight is 313 g/mol. The zero-order chi connectivity index (χ0) is 15.5. The van der Waals surface area contributed by atoms with E-state index in [1.807, 2.05) is 41.8 Å². The smallest absolute Gasteiger partial charge is 0.221 e.